The van der Waals surface area contributed by atoms with Crippen LogP contribution in [0.3, 0.4) is 0 Å². The van der Waals surface area contributed by atoms with Crippen molar-refractivity contribution in [3.8, 4) is 0 Å². The average Bonchev–Trinajstić information content (AvgIpc) is 2.67. The number of hydrogen-bond donors (Lipinski definition) is 1. The molecule has 0 aliphatic heterocycles. The molecule has 0 radical (unpaired) electrons. The lowest BCUT2D eigenvalue weighted by Crippen LogP contribution is -2.20. The first-order valence-corrected chi connectivity index (χ1v) is 8.44. The lowest BCUT2D eigenvalue weighted by Gasteiger charge is -2.13. The molecule has 1 aromatic carbocycles. The second-order valence-electron chi connectivity index (χ2n) is 5.05. The maximum Gasteiger partial charge on any atom is 0.231 e. The monoisotopic (exact) mass is 461 g/mol. The molecule has 1 aromatic heterocycles. The summed E-state index contributed by atoms with van der Waals surface area (Å²) in [7, 11) is 1.90. The second kappa shape index (κ2) is 6.48. The molecule has 6 heteroatoms. The molecule has 4 nitrogen and oxygen atoms in total. The Labute approximate surface area is 146 Å². The van der Waals surface area contributed by atoms with Crippen molar-refractivity contribution in [1.82, 2.24) is 9.78 Å². The topological polar surface area (TPSA) is 46.9 Å². The Hall–Kier alpha value is -0.890. The van der Waals surface area contributed by atoms with Crippen LogP contribution in [0.4, 0.5) is 5.69 Å². The minimum Gasteiger partial charge on any atom is -0.326 e. The molecular formula is C15H17BrIN3O. The standard InChI is InChI=1S/C15H17BrIN3O/c1-8(14-9(2)19-20(4)10(14)3)15(21)18-11-5-6-12(16)13(17)7-11/h5-8H,1-4H3,(H,18,21)/t8-/m1/s1. The van der Waals surface area contributed by atoms with E-state index in [-0.39, 0.29) is 11.8 Å². The summed E-state index contributed by atoms with van der Waals surface area (Å²) in [5.41, 5.74) is 3.74. The van der Waals surface area contributed by atoms with Crippen LogP contribution in [0.1, 0.15) is 29.8 Å². The summed E-state index contributed by atoms with van der Waals surface area (Å²) in [4.78, 5) is 12.5. The second-order valence-corrected chi connectivity index (χ2v) is 7.06. The van der Waals surface area contributed by atoms with E-state index in [1.807, 2.05) is 50.7 Å². The summed E-state index contributed by atoms with van der Waals surface area (Å²) in [6.07, 6.45) is 0. The number of aryl methyl sites for hydroxylation is 2. The molecule has 0 fully saturated rings. The molecule has 1 atom stereocenters. The minimum absolute atomic E-state index is 0.0210. The first-order chi connectivity index (χ1) is 9.81. The molecule has 1 N–H and O–H groups in total. The third kappa shape index (κ3) is 3.48. The van der Waals surface area contributed by atoms with E-state index in [9.17, 15) is 4.79 Å². The molecule has 112 valence electrons. The maximum absolute atomic E-state index is 12.5. The number of carbonyl (C=O) groups excluding carboxylic acids is 1. The zero-order valence-corrected chi connectivity index (χ0v) is 16.1. The van der Waals surface area contributed by atoms with E-state index >= 15 is 0 Å². The first-order valence-electron chi connectivity index (χ1n) is 6.57. The molecule has 21 heavy (non-hydrogen) atoms. The molecule has 0 bridgehead atoms. The molecule has 0 unspecified atom stereocenters. The van der Waals surface area contributed by atoms with Crippen LogP contribution in [0.15, 0.2) is 22.7 Å². The van der Waals surface area contributed by atoms with Crippen molar-refractivity contribution in [2.24, 2.45) is 7.05 Å². The number of nitrogens with one attached hydrogen (secondary N) is 1. The molecule has 0 saturated carbocycles. The molecule has 2 aromatic rings. The highest BCUT2D eigenvalue weighted by molar-refractivity contribution is 14.1. The van der Waals surface area contributed by atoms with Gasteiger partial charge in [0.25, 0.3) is 0 Å². The van der Waals surface area contributed by atoms with E-state index in [2.05, 4.69) is 48.9 Å². The predicted molar refractivity (Wildman–Crippen MR) is 96.6 cm³/mol. The Kier molecular flexibility index (Phi) is 5.08. The van der Waals surface area contributed by atoms with Gasteiger partial charge in [0.2, 0.25) is 5.91 Å². The van der Waals surface area contributed by atoms with Crippen LogP contribution in [0, 0.1) is 17.4 Å². The van der Waals surface area contributed by atoms with Gasteiger partial charge in [0, 0.05) is 32.0 Å². The normalized spacial score (nSPS) is 12.3. The number of benzene rings is 1. The average molecular weight is 462 g/mol. The zero-order valence-electron chi connectivity index (χ0n) is 12.4. The molecule has 0 aliphatic rings. The molecule has 2 rings (SSSR count). The van der Waals surface area contributed by atoms with Crippen LogP contribution in [-0.4, -0.2) is 15.7 Å². The van der Waals surface area contributed by atoms with Gasteiger partial charge in [-0.3, -0.25) is 9.48 Å². The van der Waals surface area contributed by atoms with Gasteiger partial charge in [0.05, 0.1) is 11.6 Å². The van der Waals surface area contributed by atoms with E-state index in [0.717, 1.165) is 30.7 Å². The van der Waals surface area contributed by atoms with Crippen molar-refractivity contribution < 1.29 is 4.79 Å². The van der Waals surface area contributed by atoms with Crippen molar-refractivity contribution in [3.63, 3.8) is 0 Å². The van der Waals surface area contributed by atoms with Crippen LogP contribution in [0.5, 0.6) is 0 Å². The van der Waals surface area contributed by atoms with Crippen LogP contribution in [0.2, 0.25) is 0 Å². The van der Waals surface area contributed by atoms with E-state index in [4.69, 9.17) is 0 Å². The van der Waals surface area contributed by atoms with E-state index in [0.29, 0.717) is 0 Å². The number of carbonyl (C=O) groups is 1. The Morgan fingerprint density at radius 2 is 2.10 bits per heavy atom. The Morgan fingerprint density at radius 1 is 1.43 bits per heavy atom. The Bertz CT molecular complexity index is 696. The van der Waals surface area contributed by atoms with E-state index in [1.54, 1.807) is 0 Å². The van der Waals surface area contributed by atoms with E-state index in [1.165, 1.54) is 0 Å². The highest BCUT2D eigenvalue weighted by atomic mass is 127. The number of anilines is 1. The summed E-state index contributed by atoms with van der Waals surface area (Å²) < 4.78 is 3.90. The summed E-state index contributed by atoms with van der Waals surface area (Å²) in [6.45, 7) is 5.84. The van der Waals surface area contributed by atoms with Gasteiger partial charge in [-0.2, -0.15) is 5.10 Å². The summed E-state index contributed by atoms with van der Waals surface area (Å²) in [6, 6.07) is 5.76. The quantitative estimate of drug-likeness (QED) is 0.698. The first kappa shape index (κ1) is 16.5. The lowest BCUT2D eigenvalue weighted by molar-refractivity contribution is -0.117. The lowest BCUT2D eigenvalue weighted by atomic mass is 9.98. The largest absolute Gasteiger partial charge is 0.326 e. The fourth-order valence-electron chi connectivity index (χ4n) is 2.37. The molecular weight excluding hydrogens is 445 g/mol. The summed E-state index contributed by atoms with van der Waals surface area (Å²) in [5.74, 6) is -0.257. The van der Waals surface area contributed by atoms with Crippen LogP contribution in [0.25, 0.3) is 0 Å². The van der Waals surface area contributed by atoms with Gasteiger partial charge in [-0.25, -0.2) is 0 Å². The number of halogens is 2. The van der Waals surface area contributed by atoms with Crippen LogP contribution in [-0.2, 0) is 11.8 Å². The maximum atomic E-state index is 12.5. The number of aromatic nitrogens is 2. The van der Waals surface area contributed by atoms with Crippen molar-refractivity contribution in [1.29, 1.82) is 0 Å². The Morgan fingerprint density at radius 3 is 2.62 bits per heavy atom. The van der Waals surface area contributed by atoms with Gasteiger partial charge >= 0.3 is 0 Å². The van der Waals surface area contributed by atoms with Gasteiger partial charge in [0.15, 0.2) is 0 Å². The van der Waals surface area contributed by atoms with Crippen molar-refractivity contribution in [3.05, 3.63) is 43.2 Å². The number of rotatable bonds is 3. The zero-order chi connectivity index (χ0) is 15.7. The van der Waals surface area contributed by atoms with Gasteiger partial charge in [-0.05, 0) is 77.5 Å². The van der Waals surface area contributed by atoms with Gasteiger partial charge in [-0.15, -0.1) is 0 Å². The number of hydrogen-bond acceptors (Lipinski definition) is 2. The smallest absolute Gasteiger partial charge is 0.231 e. The molecule has 0 spiro atoms. The summed E-state index contributed by atoms with van der Waals surface area (Å²) >= 11 is 5.68. The van der Waals surface area contributed by atoms with Crippen molar-refractivity contribution in [2.45, 2.75) is 26.7 Å². The fraction of sp³-hybridized carbons (Fsp3) is 0.333. The van der Waals surface area contributed by atoms with Crippen LogP contribution < -0.4 is 5.32 Å². The summed E-state index contributed by atoms with van der Waals surface area (Å²) in [5, 5.41) is 7.35. The van der Waals surface area contributed by atoms with Gasteiger partial charge < -0.3 is 5.32 Å². The number of amides is 1. The minimum atomic E-state index is -0.236. The number of nitrogens with zero attached hydrogens (tertiary/aromatic N) is 2. The molecule has 0 aliphatic carbocycles. The SMILES string of the molecule is Cc1nn(C)c(C)c1[C@@H](C)C(=O)Nc1ccc(Br)c(I)c1. The van der Waals surface area contributed by atoms with Crippen molar-refractivity contribution in [2.75, 3.05) is 5.32 Å². The highest BCUT2D eigenvalue weighted by Crippen LogP contribution is 2.26. The van der Waals surface area contributed by atoms with E-state index < -0.39 is 0 Å². The molecule has 1 heterocycles. The van der Waals surface area contributed by atoms with Crippen molar-refractivity contribution >= 4 is 50.1 Å². The third-order valence-electron chi connectivity index (χ3n) is 3.58. The third-order valence-corrected chi connectivity index (χ3v) is 5.90. The molecule has 1 amide bonds. The fourth-order valence-corrected chi connectivity index (χ4v) is 3.13. The Balaban J connectivity index is 2.21. The van der Waals surface area contributed by atoms with Gasteiger partial charge in [0.1, 0.15) is 0 Å². The van der Waals surface area contributed by atoms with Gasteiger partial charge in [-0.1, -0.05) is 0 Å². The molecule has 0 saturated heterocycles. The highest BCUT2D eigenvalue weighted by Gasteiger charge is 2.22. The van der Waals surface area contributed by atoms with Crippen LogP contribution >= 0.6 is 38.5 Å². The predicted octanol–water partition coefficient (Wildman–Crippen LogP) is 4.15.